The summed E-state index contributed by atoms with van der Waals surface area (Å²) in [6, 6.07) is 3.98. The molecule has 1 aromatic heterocycles. The first kappa shape index (κ1) is 9.62. The van der Waals surface area contributed by atoms with E-state index in [4.69, 9.17) is 4.84 Å². The number of pyridine rings is 1. The predicted molar refractivity (Wildman–Crippen MR) is 54.5 cm³/mol. The quantitative estimate of drug-likeness (QED) is 0.732. The van der Waals surface area contributed by atoms with Crippen LogP contribution in [0, 0.1) is 0 Å². The second-order valence-corrected chi connectivity index (χ2v) is 3.62. The molecule has 1 aliphatic rings. The van der Waals surface area contributed by atoms with Gasteiger partial charge in [0.2, 0.25) is 0 Å². The standard InChI is InChI=1S/C11H16N2O/c1-2-8-13(9-3-1)14-10-11-4-6-12-7-5-11/h4-7H,1-3,8-10H2. The van der Waals surface area contributed by atoms with Crippen LogP contribution in [0.25, 0.3) is 0 Å². The smallest absolute Gasteiger partial charge is 0.0937 e. The lowest BCUT2D eigenvalue weighted by Gasteiger charge is -2.25. The highest BCUT2D eigenvalue weighted by Crippen LogP contribution is 2.10. The number of hydrogen-bond donors (Lipinski definition) is 0. The van der Waals surface area contributed by atoms with Crippen LogP contribution in [0.4, 0.5) is 0 Å². The molecule has 1 aliphatic heterocycles. The van der Waals surface area contributed by atoms with E-state index in [1.807, 2.05) is 12.1 Å². The molecule has 0 amide bonds. The van der Waals surface area contributed by atoms with Crippen molar-refractivity contribution in [3.05, 3.63) is 30.1 Å². The molecule has 1 fully saturated rings. The molecule has 1 aromatic rings. The molecule has 0 bridgehead atoms. The topological polar surface area (TPSA) is 25.4 Å². The van der Waals surface area contributed by atoms with Gasteiger partial charge in [0.25, 0.3) is 0 Å². The van der Waals surface area contributed by atoms with Crippen molar-refractivity contribution < 1.29 is 4.84 Å². The van der Waals surface area contributed by atoms with Gasteiger partial charge in [-0.15, -0.1) is 0 Å². The summed E-state index contributed by atoms with van der Waals surface area (Å²) >= 11 is 0. The van der Waals surface area contributed by atoms with Crippen molar-refractivity contribution in [1.29, 1.82) is 0 Å². The second-order valence-electron chi connectivity index (χ2n) is 3.62. The summed E-state index contributed by atoms with van der Waals surface area (Å²) in [5.74, 6) is 0. The van der Waals surface area contributed by atoms with E-state index in [0.717, 1.165) is 13.1 Å². The van der Waals surface area contributed by atoms with Gasteiger partial charge in [-0.25, -0.2) is 0 Å². The van der Waals surface area contributed by atoms with Gasteiger partial charge in [-0.2, -0.15) is 5.06 Å². The van der Waals surface area contributed by atoms with Gasteiger partial charge in [-0.3, -0.25) is 9.82 Å². The highest BCUT2D eigenvalue weighted by atomic mass is 16.7. The van der Waals surface area contributed by atoms with Gasteiger partial charge < -0.3 is 0 Å². The van der Waals surface area contributed by atoms with Crippen molar-refractivity contribution in [2.24, 2.45) is 0 Å². The number of piperidine rings is 1. The Bertz CT molecular complexity index is 257. The molecule has 2 heterocycles. The third-order valence-corrected chi connectivity index (χ3v) is 2.48. The van der Waals surface area contributed by atoms with Gasteiger partial charge in [0.05, 0.1) is 6.61 Å². The minimum Gasteiger partial charge on any atom is -0.294 e. The Labute approximate surface area is 84.7 Å². The summed E-state index contributed by atoms with van der Waals surface area (Å²) in [4.78, 5) is 9.65. The fourth-order valence-corrected chi connectivity index (χ4v) is 1.64. The Balaban J connectivity index is 1.76. The van der Waals surface area contributed by atoms with Crippen LogP contribution in [0.5, 0.6) is 0 Å². The van der Waals surface area contributed by atoms with Crippen molar-refractivity contribution in [1.82, 2.24) is 10.0 Å². The first-order valence-electron chi connectivity index (χ1n) is 5.22. The number of nitrogens with zero attached hydrogens (tertiary/aromatic N) is 2. The van der Waals surface area contributed by atoms with E-state index >= 15 is 0 Å². The van der Waals surface area contributed by atoms with Crippen LogP contribution in [0.2, 0.25) is 0 Å². The zero-order valence-corrected chi connectivity index (χ0v) is 8.35. The zero-order chi connectivity index (χ0) is 9.64. The molecule has 76 valence electrons. The molecule has 3 heteroatoms. The Morgan fingerprint density at radius 3 is 2.57 bits per heavy atom. The number of rotatable bonds is 3. The van der Waals surface area contributed by atoms with E-state index in [-0.39, 0.29) is 0 Å². The predicted octanol–water partition coefficient (Wildman–Crippen LogP) is 2.00. The fraction of sp³-hybridized carbons (Fsp3) is 0.545. The first-order valence-corrected chi connectivity index (χ1v) is 5.22. The molecule has 0 unspecified atom stereocenters. The van der Waals surface area contributed by atoms with Gasteiger partial charge in [-0.05, 0) is 30.5 Å². The van der Waals surface area contributed by atoms with Crippen LogP contribution in [-0.4, -0.2) is 23.1 Å². The largest absolute Gasteiger partial charge is 0.294 e. The maximum atomic E-state index is 5.67. The van der Waals surface area contributed by atoms with Crippen LogP contribution in [0.15, 0.2) is 24.5 Å². The average Bonchev–Trinajstić information content (AvgIpc) is 2.29. The SMILES string of the molecule is c1cc(CON2CCCCC2)ccn1. The van der Waals surface area contributed by atoms with E-state index < -0.39 is 0 Å². The maximum Gasteiger partial charge on any atom is 0.0937 e. The van der Waals surface area contributed by atoms with Crippen molar-refractivity contribution in [3.8, 4) is 0 Å². The lowest BCUT2D eigenvalue weighted by molar-refractivity contribution is -0.178. The highest BCUT2D eigenvalue weighted by Gasteiger charge is 2.09. The van der Waals surface area contributed by atoms with Gasteiger partial charge >= 0.3 is 0 Å². The summed E-state index contributed by atoms with van der Waals surface area (Å²) in [5.41, 5.74) is 1.19. The van der Waals surface area contributed by atoms with E-state index in [1.165, 1.54) is 24.8 Å². The van der Waals surface area contributed by atoms with Crippen molar-refractivity contribution in [2.45, 2.75) is 25.9 Å². The third kappa shape index (κ3) is 2.79. The lowest BCUT2D eigenvalue weighted by Crippen LogP contribution is -2.29. The molecule has 14 heavy (non-hydrogen) atoms. The average molecular weight is 192 g/mol. The molecule has 0 spiro atoms. The normalized spacial score (nSPS) is 18.3. The summed E-state index contributed by atoms with van der Waals surface area (Å²) in [5, 5.41) is 2.07. The van der Waals surface area contributed by atoms with Gasteiger partial charge in [0.15, 0.2) is 0 Å². The van der Waals surface area contributed by atoms with E-state index in [2.05, 4.69) is 10.0 Å². The molecule has 3 nitrogen and oxygen atoms in total. The minimum absolute atomic E-state index is 0.669. The molecular weight excluding hydrogens is 176 g/mol. The lowest BCUT2D eigenvalue weighted by atomic mass is 10.2. The molecular formula is C11H16N2O. The minimum atomic E-state index is 0.669. The Morgan fingerprint density at radius 2 is 1.86 bits per heavy atom. The van der Waals surface area contributed by atoms with Crippen molar-refractivity contribution >= 4 is 0 Å². The molecule has 0 radical (unpaired) electrons. The third-order valence-electron chi connectivity index (χ3n) is 2.48. The van der Waals surface area contributed by atoms with Gasteiger partial charge in [0.1, 0.15) is 0 Å². The second kappa shape index (κ2) is 5.08. The molecule has 0 N–H and O–H groups in total. The Morgan fingerprint density at radius 1 is 1.14 bits per heavy atom. The summed E-state index contributed by atoms with van der Waals surface area (Å²) < 4.78 is 0. The fourth-order valence-electron chi connectivity index (χ4n) is 1.64. The maximum absolute atomic E-state index is 5.67. The van der Waals surface area contributed by atoms with Crippen LogP contribution in [0.1, 0.15) is 24.8 Å². The summed E-state index contributed by atoms with van der Waals surface area (Å²) in [6.07, 6.45) is 7.46. The van der Waals surface area contributed by atoms with Crippen LogP contribution >= 0.6 is 0 Å². The molecule has 2 rings (SSSR count). The number of hydroxylamine groups is 2. The number of hydrogen-bond acceptors (Lipinski definition) is 3. The molecule has 1 saturated heterocycles. The van der Waals surface area contributed by atoms with Crippen molar-refractivity contribution in [3.63, 3.8) is 0 Å². The van der Waals surface area contributed by atoms with E-state index in [1.54, 1.807) is 12.4 Å². The molecule has 0 atom stereocenters. The Kier molecular flexibility index (Phi) is 3.49. The van der Waals surface area contributed by atoms with E-state index in [0.29, 0.717) is 6.61 Å². The first-order chi connectivity index (χ1) is 6.95. The molecule has 0 aromatic carbocycles. The summed E-state index contributed by atoms with van der Waals surface area (Å²) in [7, 11) is 0. The van der Waals surface area contributed by atoms with Gasteiger partial charge in [-0.1, -0.05) is 6.42 Å². The van der Waals surface area contributed by atoms with Crippen molar-refractivity contribution in [2.75, 3.05) is 13.1 Å². The van der Waals surface area contributed by atoms with E-state index in [9.17, 15) is 0 Å². The molecule has 0 aliphatic carbocycles. The zero-order valence-electron chi connectivity index (χ0n) is 8.35. The Hall–Kier alpha value is -0.930. The monoisotopic (exact) mass is 192 g/mol. The van der Waals surface area contributed by atoms with Crippen LogP contribution < -0.4 is 0 Å². The summed E-state index contributed by atoms with van der Waals surface area (Å²) in [6.45, 7) is 2.82. The van der Waals surface area contributed by atoms with Crippen LogP contribution in [-0.2, 0) is 11.4 Å². The highest BCUT2D eigenvalue weighted by molar-refractivity contribution is 5.07. The molecule has 0 saturated carbocycles. The number of aromatic nitrogens is 1. The van der Waals surface area contributed by atoms with Gasteiger partial charge in [0, 0.05) is 25.5 Å². The van der Waals surface area contributed by atoms with Crippen LogP contribution in [0.3, 0.4) is 0 Å².